The van der Waals surface area contributed by atoms with Crippen LogP contribution in [-0.4, -0.2) is 18.2 Å². The van der Waals surface area contributed by atoms with Crippen LogP contribution in [0.3, 0.4) is 0 Å². The number of carbonyl (C=O) groups is 1. The highest BCUT2D eigenvalue weighted by molar-refractivity contribution is 9.10. The van der Waals surface area contributed by atoms with Crippen molar-refractivity contribution < 1.29 is 9.53 Å². The van der Waals surface area contributed by atoms with Crippen molar-refractivity contribution in [1.82, 2.24) is 5.43 Å². The van der Waals surface area contributed by atoms with Crippen molar-refractivity contribution in [1.29, 1.82) is 0 Å². The lowest BCUT2D eigenvalue weighted by Gasteiger charge is -2.06. The molecule has 0 unspecified atom stereocenters. The minimum atomic E-state index is -0.339. The largest absolute Gasteiger partial charge is 0.484 e. The van der Waals surface area contributed by atoms with Gasteiger partial charge in [0, 0.05) is 9.50 Å². The first-order valence-electron chi connectivity index (χ1n) is 6.52. The second kappa shape index (κ2) is 7.96. The molecule has 0 aliphatic carbocycles. The zero-order valence-electron chi connectivity index (χ0n) is 11.8. The Bertz CT molecular complexity index is 704. The van der Waals surface area contributed by atoms with Crippen LogP contribution < -0.4 is 10.2 Å². The number of hydrogen-bond acceptors (Lipinski definition) is 3. The van der Waals surface area contributed by atoms with Gasteiger partial charge in [0.05, 0.1) is 5.71 Å². The summed E-state index contributed by atoms with van der Waals surface area (Å²) < 4.78 is 6.29. The van der Waals surface area contributed by atoms with Crippen LogP contribution in [0.5, 0.6) is 5.75 Å². The standard InChI is InChI=1S/C16H14BrClN2O2/c1-11(12-4-2-5-13(17)8-12)19-20-16(21)10-22-15-7-3-6-14(18)9-15/h2-9H,10H2,1H3,(H,20,21)/b19-11+. The normalized spacial score (nSPS) is 11.1. The predicted octanol–water partition coefficient (Wildman–Crippen LogP) is 4.02. The smallest absolute Gasteiger partial charge is 0.277 e. The Morgan fingerprint density at radius 2 is 2.05 bits per heavy atom. The number of nitrogens with zero attached hydrogens (tertiary/aromatic N) is 1. The van der Waals surface area contributed by atoms with Gasteiger partial charge in [-0.05, 0) is 42.8 Å². The van der Waals surface area contributed by atoms with Crippen LogP contribution in [0.25, 0.3) is 0 Å². The summed E-state index contributed by atoms with van der Waals surface area (Å²) in [6.07, 6.45) is 0. The second-order valence-electron chi connectivity index (χ2n) is 4.49. The van der Waals surface area contributed by atoms with Crippen molar-refractivity contribution in [3.05, 3.63) is 63.6 Å². The minimum absolute atomic E-state index is 0.129. The zero-order valence-corrected chi connectivity index (χ0v) is 14.2. The average Bonchev–Trinajstić information content (AvgIpc) is 2.50. The number of hydrazone groups is 1. The van der Waals surface area contributed by atoms with Crippen molar-refractivity contribution in [3.8, 4) is 5.75 Å². The molecule has 0 atom stereocenters. The number of halogens is 2. The van der Waals surface area contributed by atoms with Crippen LogP contribution >= 0.6 is 27.5 Å². The first-order valence-corrected chi connectivity index (χ1v) is 7.69. The van der Waals surface area contributed by atoms with Gasteiger partial charge in [-0.1, -0.05) is 45.7 Å². The van der Waals surface area contributed by atoms with E-state index in [-0.39, 0.29) is 12.5 Å². The summed E-state index contributed by atoms with van der Waals surface area (Å²) in [6.45, 7) is 1.69. The molecule has 0 aliphatic rings. The summed E-state index contributed by atoms with van der Waals surface area (Å²) in [5.41, 5.74) is 4.09. The molecule has 0 radical (unpaired) electrons. The van der Waals surface area contributed by atoms with Crippen molar-refractivity contribution >= 4 is 39.1 Å². The molecule has 2 aromatic rings. The van der Waals surface area contributed by atoms with E-state index >= 15 is 0 Å². The number of amides is 1. The van der Waals surface area contributed by atoms with Gasteiger partial charge >= 0.3 is 0 Å². The van der Waals surface area contributed by atoms with Crippen molar-refractivity contribution in [2.24, 2.45) is 5.10 Å². The summed E-state index contributed by atoms with van der Waals surface area (Å²) in [5, 5.41) is 4.61. The van der Waals surface area contributed by atoms with Gasteiger partial charge in [-0.2, -0.15) is 5.10 Å². The Morgan fingerprint density at radius 1 is 1.27 bits per heavy atom. The van der Waals surface area contributed by atoms with E-state index < -0.39 is 0 Å². The molecule has 6 heteroatoms. The van der Waals surface area contributed by atoms with Gasteiger partial charge in [0.15, 0.2) is 6.61 Å². The third kappa shape index (κ3) is 5.16. The molecule has 1 amide bonds. The summed E-state index contributed by atoms with van der Waals surface area (Å²) in [4.78, 5) is 11.7. The summed E-state index contributed by atoms with van der Waals surface area (Å²) in [5.74, 6) is 0.199. The first kappa shape index (κ1) is 16.5. The maximum Gasteiger partial charge on any atom is 0.277 e. The summed E-state index contributed by atoms with van der Waals surface area (Å²) in [7, 11) is 0. The fourth-order valence-corrected chi connectivity index (χ4v) is 2.24. The highest BCUT2D eigenvalue weighted by atomic mass is 79.9. The predicted molar refractivity (Wildman–Crippen MR) is 91.4 cm³/mol. The van der Waals surface area contributed by atoms with E-state index in [2.05, 4.69) is 26.5 Å². The van der Waals surface area contributed by atoms with E-state index in [0.717, 1.165) is 10.0 Å². The van der Waals surface area contributed by atoms with Crippen LogP contribution in [0.1, 0.15) is 12.5 Å². The first-order chi connectivity index (χ1) is 10.5. The Balaban J connectivity index is 1.88. The van der Waals surface area contributed by atoms with E-state index in [1.165, 1.54) is 0 Å². The number of ether oxygens (including phenoxy) is 1. The third-order valence-electron chi connectivity index (χ3n) is 2.76. The number of carbonyl (C=O) groups excluding carboxylic acids is 1. The molecule has 0 saturated heterocycles. The molecule has 0 spiro atoms. The number of rotatable bonds is 5. The van der Waals surface area contributed by atoms with E-state index in [1.807, 2.05) is 31.2 Å². The molecular weight excluding hydrogens is 368 g/mol. The molecule has 2 rings (SSSR count). The monoisotopic (exact) mass is 380 g/mol. The minimum Gasteiger partial charge on any atom is -0.484 e. The van der Waals surface area contributed by atoms with E-state index in [0.29, 0.717) is 16.5 Å². The summed E-state index contributed by atoms with van der Waals surface area (Å²) in [6, 6.07) is 14.5. The molecule has 0 aliphatic heterocycles. The maximum absolute atomic E-state index is 11.7. The second-order valence-corrected chi connectivity index (χ2v) is 5.84. The fraction of sp³-hybridized carbons (Fsp3) is 0.125. The SMILES string of the molecule is C/C(=N\NC(=O)COc1cccc(Cl)c1)c1cccc(Br)c1. The van der Waals surface area contributed by atoms with Crippen LogP contribution in [0.2, 0.25) is 5.02 Å². The van der Waals surface area contributed by atoms with Gasteiger partial charge in [-0.15, -0.1) is 0 Å². The molecule has 2 aromatic carbocycles. The van der Waals surface area contributed by atoms with Crippen molar-refractivity contribution in [2.45, 2.75) is 6.92 Å². The highest BCUT2D eigenvalue weighted by Crippen LogP contribution is 2.16. The highest BCUT2D eigenvalue weighted by Gasteiger charge is 2.03. The van der Waals surface area contributed by atoms with Crippen LogP contribution in [-0.2, 0) is 4.79 Å². The van der Waals surface area contributed by atoms with Crippen LogP contribution in [0.4, 0.5) is 0 Å². The summed E-state index contributed by atoms with van der Waals surface area (Å²) >= 11 is 9.23. The lowest BCUT2D eigenvalue weighted by atomic mass is 10.1. The topological polar surface area (TPSA) is 50.7 Å². The Kier molecular flexibility index (Phi) is 5.98. The molecule has 0 heterocycles. The molecular formula is C16H14BrClN2O2. The van der Waals surface area contributed by atoms with Gasteiger partial charge in [0.1, 0.15) is 5.75 Å². The van der Waals surface area contributed by atoms with E-state index in [9.17, 15) is 4.79 Å². The fourth-order valence-electron chi connectivity index (χ4n) is 1.66. The Morgan fingerprint density at radius 3 is 2.77 bits per heavy atom. The lowest BCUT2D eigenvalue weighted by Crippen LogP contribution is -2.25. The number of benzene rings is 2. The molecule has 22 heavy (non-hydrogen) atoms. The molecule has 0 bridgehead atoms. The van der Waals surface area contributed by atoms with Crippen LogP contribution in [0.15, 0.2) is 58.1 Å². The molecule has 0 fully saturated rings. The molecule has 0 aromatic heterocycles. The van der Waals surface area contributed by atoms with Crippen LogP contribution in [0, 0.1) is 0 Å². The van der Waals surface area contributed by atoms with Gasteiger partial charge < -0.3 is 4.74 Å². The lowest BCUT2D eigenvalue weighted by molar-refractivity contribution is -0.123. The quantitative estimate of drug-likeness (QED) is 0.628. The number of hydrogen-bond donors (Lipinski definition) is 1. The maximum atomic E-state index is 11.7. The molecule has 1 N–H and O–H groups in total. The zero-order chi connectivity index (χ0) is 15.9. The Labute approximate surface area is 142 Å². The Hall–Kier alpha value is -1.85. The van der Waals surface area contributed by atoms with Gasteiger partial charge in [-0.25, -0.2) is 5.43 Å². The van der Waals surface area contributed by atoms with Crippen molar-refractivity contribution in [3.63, 3.8) is 0 Å². The molecule has 4 nitrogen and oxygen atoms in total. The van der Waals surface area contributed by atoms with Gasteiger partial charge in [0.2, 0.25) is 0 Å². The molecule has 114 valence electrons. The van der Waals surface area contributed by atoms with E-state index in [1.54, 1.807) is 24.3 Å². The average molecular weight is 382 g/mol. The number of nitrogens with one attached hydrogen (secondary N) is 1. The third-order valence-corrected chi connectivity index (χ3v) is 3.49. The van der Waals surface area contributed by atoms with Crippen molar-refractivity contribution in [2.75, 3.05) is 6.61 Å². The van der Waals surface area contributed by atoms with E-state index in [4.69, 9.17) is 16.3 Å². The van der Waals surface area contributed by atoms with Gasteiger partial charge in [0.25, 0.3) is 5.91 Å². The molecule has 0 saturated carbocycles. The van der Waals surface area contributed by atoms with Gasteiger partial charge in [-0.3, -0.25) is 4.79 Å².